The molecular formula is C15H24N2. The van der Waals surface area contributed by atoms with Gasteiger partial charge in [-0.25, -0.2) is 0 Å². The smallest absolute Gasteiger partial charge is 0.0279 e. The third-order valence-electron chi connectivity index (χ3n) is 4.10. The van der Waals surface area contributed by atoms with Crippen LogP contribution in [0, 0.1) is 11.8 Å². The summed E-state index contributed by atoms with van der Waals surface area (Å²) >= 11 is 0. The number of nitrogens with one attached hydrogen (secondary N) is 1. The number of hydrazine groups is 1. The first-order valence-corrected chi connectivity index (χ1v) is 6.78. The van der Waals surface area contributed by atoms with E-state index in [1.54, 1.807) is 0 Å². The molecule has 0 heterocycles. The van der Waals surface area contributed by atoms with Crippen molar-refractivity contribution < 1.29 is 0 Å². The minimum Gasteiger partial charge on any atom is -0.271 e. The highest BCUT2D eigenvalue weighted by Gasteiger charge is 2.32. The molecule has 2 rings (SSSR count). The maximum absolute atomic E-state index is 5.69. The molecule has 0 amide bonds. The Kier molecular flexibility index (Phi) is 4.19. The van der Waals surface area contributed by atoms with Crippen LogP contribution in [-0.2, 0) is 12.8 Å². The van der Waals surface area contributed by atoms with E-state index in [4.69, 9.17) is 5.84 Å². The molecule has 1 aromatic rings. The quantitative estimate of drug-likeness (QED) is 0.584. The van der Waals surface area contributed by atoms with Gasteiger partial charge in [-0.2, -0.15) is 0 Å². The van der Waals surface area contributed by atoms with Crippen molar-refractivity contribution in [3.05, 3.63) is 35.4 Å². The zero-order valence-electron chi connectivity index (χ0n) is 10.9. The van der Waals surface area contributed by atoms with Gasteiger partial charge >= 0.3 is 0 Å². The summed E-state index contributed by atoms with van der Waals surface area (Å²) in [6, 6.07) is 9.34. The Morgan fingerprint density at radius 1 is 1.24 bits per heavy atom. The van der Waals surface area contributed by atoms with E-state index in [1.807, 2.05) is 0 Å². The van der Waals surface area contributed by atoms with Crippen LogP contribution in [0.2, 0.25) is 0 Å². The minimum atomic E-state index is 0.412. The molecule has 2 heteroatoms. The van der Waals surface area contributed by atoms with Gasteiger partial charge < -0.3 is 0 Å². The van der Waals surface area contributed by atoms with Gasteiger partial charge in [0.05, 0.1) is 0 Å². The SMILES string of the molecule is CCc1ccc(CC(NN)C(C)C2CC2)cc1. The summed E-state index contributed by atoms with van der Waals surface area (Å²) in [5.74, 6) is 7.27. The van der Waals surface area contributed by atoms with Crippen LogP contribution >= 0.6 is 0 Å². The summed E-state index contributed by atoms with van der Waals surface area (Å²) in [4.78, 5) is 0. The van der Waals surface area contributed by atoms with Crippen LogP contribution in [0.15, 0.2) is 24.3 Å². The second kappa shape index (κ2) is 5.65. The molecule has 3 N–H and O–H groups in total. The zero-order chi connectivity index (χ0) is 12.3. The minimum absolute atomic E-state index is 0.412. The van der Waals surface area contributed by atoms with Crippen molar-refractivity contribution >= 4 is 0 Å². The number of nitrogens with two attached hydrogens (primary N) is 1. The first kappa shape index (κ1) is 12.6. The standard InChI is InChI=1S/C15H24N2/c1-3-12-4-6-13(7-5-12)10-15(17-16)11(2)14-8-9-14/h4-7,11,14-15,17H,3,8-10,16H2,1-2H3. The summed E-state index contributed by atoms with van der Waals surface area (Å²) in [6.45, 7) is 4.51. The highest BCUT2D eigenvalue weighted by Crippen LogP contribution is 2.38. The predicted octanol–water partition coefficient (Wildman–Crippen LogP) is 2.67. The first-order chi connectivity index (χ1) is 8.24. The molecule has 1 aliphatic rings. The average Bonchev–Trinajstić information content (AvgIpc) is 3.20. The van der Waals surface area contributed by atoms with E-state index in [0.29, 0.717) is 12.0 Å². The molecule has 2 unspecified atom stereocenters. The highest BCUT2D eigenvalue weighted by molar-refractivity contribution is 5.23. The monoisotopic (exact) mass is 232 g/mol. The lowest BCUT2D eigenvalue weighted by molar-refractivity contribution is 0.343. The van der Waals surface area contributed by atoms with Crippen LogP contribution in [-0.4, -0.2) is 6.04 Å². The van der Waals surface area contributed by atoms with E-state index in [1.165, 1.54) is 24.0 Å². The number of rotatable bonds is 6. The third kappa shape index (κ3) is 3.30. The van der Waals surface area contributed by atoms with Crippen molar-refractivity contribution in [2.24, 2.45) is 17.7 Å². The predicted molar refractivity (Wildman–Crippen MR) is 72.5 cm³/mol. The molecule has 0 saturated heterocycles. The van der Waals surface area contributed by atoms with Crippen LogP contribution in [0.5, 0.6) is 0 Å². The van der Waals surface area contributed by atoms with Gasteiger partial charge in [0.2, 0.25) is 0 Å². The fraction of sp³-hybridized carbons (Fsp3) is 0.600. The highest BCUT2D eigenvalue weighted by atomic mass is 15.2. The van der Waals surface area contributed by atoms with Crippen molar-refractivity contribution in [1.29, 1.82) is 0 Å². The Labute approximate surface area is 105 Å². The van der Waals surface area contributed by atoms with Gasteiger partial charge in [0.1, 0.15) is 0 Å². The topological polar surface area (TPSA) is 38.0 Å². The van der Waals surface area contributed by atoms with Crippen molar-refractivity contribution in [1.82, 2.24) is 5.43 Å². The molecule has 0 spiro atoms. The Morgan fingerprint density at radius 3 is 2.29 bits per heavy atom. The van der Waals surface area contributed by atoms with Crippen LogP contribution in [0.25, 0.3) is 0 Å². The third-order valence-corrected chi connectivity index (χ3v) is 4.10. The molecule has 1 fully saturated rings. The van der Waals surface area contributed by atoms with E-state index in [9.17, 15) is 0 Å². The second-order valence-corrected chi connectivity index (χ2v) is 5.34. The van der Waals surface area contributed by atoms with Gasteiger partial charge in [0.15, 0.2) is 0 Å². The fourth-order valence-corrected chi connectivity index (χ4v) is 2.51. The van der Waals surface area contributed by atoms with E-state index in [2.05, 4.69) is 43.5 Å². The van der Waals surface area contributed by atoms with Gasteiger partial charge in [-0.3, -0.25) is 11.3 Å². The Balaban J connectivity index is 1.96. The van der Waals surface area contributed by atoms with Gasteiger partial charge in [-0.1, -0.05) is 38.1 Å². The van der Waals surface area contributed by atoms with Crippen LogP contribution in [0.3, 0.4) is 0 Å². The lowest BCUT2D eigenvalue weighted by Crippen LogP contribution is -2.42. The molecule has 0 bridgehead atoms. The number of benzene rings is 1. The lowest BCUT2D eigenvalue weighted by atomic mass is 9.91. The van der Waals surface area contributed by atoms with Crippen molar-refractivity contribution in [2.45, 2.75) is 45.6 Å². The summed E-state index contributed by atoms with van der Waals surface area (Å²) in [7, 11) is 0. The molecule has 1 aromatic carbocycles. The van der Waals surface area contributed by atoms with Crippen LogP contribution < -0.4 is 11.3 Å². The summed E-state index contributed by atoms with van der Waals surface area (Å²) in [5, 5.41) is 0. The van der Waals surface area contributed by atoms with Gasteiger partial charge in [-0.15, -0.1) is 0 Å². The first-order valence-electron chi connectivity index (χ1n) is 6.78. The summed E-state index contributed by atoms with van der Waals surface area (Å²) in [6.07, 6.45) is 4.91. The number of aryl methyl sites for hydroxylation is 1. The normalized spacial score (nSPS) is 19.0. The van der Waals surface area contributed by atoms with Gasteiger partial charge in [-0.05, 0) is 48.6 Å². The molecular weight excluding hydrogens is 208 g/mol. The van der Waals surface area contributed by atoms with Crippen molar-refractivity contribution in [2.75, 3.05) is 0 Å². The molecule has 2 nitrogen and oxygen atoms in total. The van der Waals surface area contributed by atoms with Crippen LogP contribution in [0.1, 0.15) is 37.8 Å². The maximum atomic E-state index is 5.69. The maximum Gasteiger partial charge on any atom is 0.0279 e. The van der Waals surface area contributed by atoms with Crippen molar-refractivity contribution in [3.63, 3.8) is 0 Å². The van der Waals surface area contributed by atoms with E-state index in [-0.39, 0.29) is 0 Å². The fourth-order valence-electron chi connectivity index (χ4n) is 2.51. The molecule has 0 radical (unpaired) electrons. The molecule has 2 atom stereocenters. The summed E-state index contributed by atoms with van der Waals surface area (Å²) in [5.41, 5.74) is 5.79. The largest absolute Gasteiger partial charge is 0.271 e. The average molecular weight is 232 g/mol. The Bertz CT molecular complexity index is 340. The molecule has 0 aliphatic heterocycles. The van der Waals surface area contributed by atoms with Crippen LogP contribution in [0.4, 0.5) is 0 Å². The van der Waals surface area contributed by atoms with Gasteiger partial charge in [0, 0.05) is 6.04 Å². The zero-order valence-corrected chi connectivity index (χ0v) is 10.9. The molecule has 1 saturated carbocycles. The number of hydrogen-bond acceptors (Lipinski definition) is 2. The number of hydrogen-bond donors (Lipinski definition) is 2. The van der Waals surface area contributed by atoms with E-state index in [0.717, 1.165) is 18.8 Å². The summed E-state index contributed by atoms with van der Waals surface area (Å²) < 4.78 is 0. The molecule has 17 heavy (non-hydrogen) atoms. The lowest BCUT2D eigenvalue weighted by Gasteiger charge is -2.23. The van der Waals surface area contributed by atoms with E-state index < -0.39 is 0 Å². The van der Waals surface area contributed by atoms with Gasteiger partial charge in [0.25, 0.3) is 0 Å². The molecule has 0 aromatic heterocycles. The molecule has 1 aliphatic carbocycles. The second-order valence-electron chi connectivity index (χ2n) is 5.34. The molecule has 94 valence electrons. The Morgan fingerprint density at radius 2 is 1.82 bits per heavy atom. The Hall–Kier alpha value is -0.860. The van der Waals surface area contributed by atoms with Crippen molar-refractivity contribution in [3.8, 4) is 0 Å². The van der Waals surface area contributed by atoms with E-state index >= 15 is 0 Å².